The molecule has 0 unspecified atom stereocenters. The number of ether oxygens (including phenoxy) is 6. The minimum Gasteiger partial charge on any atom is -0.459 e. The summed E-state index contributed by atoms with van der Waals surface area (Å²) in [7, 11) is 0. The average molecular weight is 845 g/mol. The maximum atomic E-state index is 14.0. The molecule has 0 aromatic heterocycles. The third-order valence-corrected chi connectivity index (χ3v) is 9.67. The highest BCUT2D eigenvalue weighted by atomic mass is 16.7. The van der Waals surface area contributed by atoms with Crippen molar-refractivity contribution in [1.29, 1.82) is 0 Å². The molecule has 0 saturated carbocycles. The standard InChI is InChI=1S/C48H48N2O12/c1-47(2,3)62-46(56)50-37-26-24-32(25-27-37)30-49-29-28-48(61-44(54)36-22-14-7-15-23-36)40(60-43(53)35-20-12-6-13-21-35)39(59-42(52)34-18-10-5-11-19-34)38(58-45(48)55)31-57-41(51)33-16-8-4-9-17-33/h4-27,38-40,45,49,55H,28-31H2,1-3H3,(H,50,56)/t38-,39-,40+,45+,48-/m1/s1. The van der Waals surface area contributed by atoms with Crippen LogP contribution in [0, 0.1) is 0 Å². The summed E-state index contributed by atoms with van der Waals surface area (Å²) >= 11 is 0. The molecule has 14 heteroatoms. The molecular weight excluding hydrogens is 797 g/mol. The molecule has 62 heavy (non-hydrogen) atoms. The molecule has 3 N–H and O–H groups in total. The Kier molecular flexibility index (Phi) is 14.8. The zero-order chi connectivity index (χ0) is 44.1. The first kappa shape index (κ1) is 44.7. The van der Waals surface area contributed by atoms with Gasteiger partial charge < -0.3 is 38.8 Å². The maximum Gasteiger partial charge on any atom is 0.412 e. The van der Waals surface area contributed by atoms with E-state index in [1.807, 2.05) is 0 Å². The van der Waals surface area contributed by atoms with E-state index >= 15 is 0 Å². The molecule has 0 spiro atoms. The summed E-state index contributed by atoms with van der Waals surface area (Å²) in [6.07, 6.45) is -7.71. The molecule has 0 radical (unpaired) electrons. The lowest BCUT2D eigenvalue weighted by atomic mass is 9.82. The van der Waals surface area contributed by atoms with E-state index in [1.54, 1.807) is 130 Å². The van der Waals surface area contributed by atoms with Crippen LogP contribution in [0.4, 0.5) is 10.5 Å². The van der Waals surface area contributed by atoms with Crippen molar-refractivity contribution in [2.24, 2.45) is 0 Å². The van der Waals surface area contributed by atoms with Gasteiger partial charge in [-0.05, 0) is 93.5 Å². The molecule has 1 saturated heterocycles. The van der Waals surface area contributed by atoms with Crippen LogP contribution in [0.3, 0.4) is 0 Å². The number of carbonyl (C=O) groups excluding carboxylic acids is 5. The second kappa shape index (κ2) is 20.6. The Morgan fingerprint density at radius 1 is 0.645 bits per heavy atom. The zero-order valence-electron chi connectivity index (χ0n) is 34.4. The molecule has 1 amide bonds. The van der Waals surface area contributed by atoms with Gasteiger partial charge in [0.15, 0.2) is 18.5 Å². The van der Waals surface area contributed by atoms with E-state index in [0.29, 0.717) is 5.69 Å². The van der Waals surface area contributed by atoms with Gasteiger partial charge in [-0.1, -0.05) is 84.9 Å². The number of carbonyl (C=O) groups is 5. The van der Waals surface area contributed by atoms with Crippen LogP contribution in [0.1, 0.15) is 74.2 Å². The number of benzene rings is 5. The quantitative estimate of drug-likeness (QED) is 0.0550. The van der Waals surface area contributed by atoms with Crippen LogP contribution in [0.2, 0.25) is 0 Å². The van der Waals surface area contributed by atoms with Crippen molar-refractivity contribution >= 4 is 35.7 Å². The summed E-state index contributed by atoms with van der Waals surface area (Å²) in [6, 6.07) is 39.1. The molecule has 5 aromatic carbocycles. The number of rotatable bonds is 15. The maximum absolute atomic E-state index is 14.0. The van der Waals surface area contributed by atoms with Gasteiger partial charge in [-0.15, -0.1) is 0 Å². The first-order chi connectivity index (χ1) is 29.8. The van der Waals surface area contributed by atoms with Crippen LogP contribution in [0.5, 0.6) is 0 Å². The van der Waals surface area contributed by atoms with Crippen LogP contribution in [0.25, 0.3) is 0 Å². The normalized spacial score (nSPS) is 19.6. The number of amides is 1. The van der Waals surface area contributed by atoms with Crippen molar-refractivity contribution in [2.45, 2.75) is 69.5 Å². The monoisotopic (exact) mass is 844 g/mol. The lowest BCUT2D eigenvalue weighted by Crippen LogP contribution is -2.70. The molecule has 1 aliphatic rings. The summed E-state index contributed by atoms with van der Waals surface area (Å²) in [6.45, 7) is 5.01. The SMILES string of the molecule is CC(C)(C)OC(=O)Nc1ccc(CNCC[C@]2(OC(=O)c3ccccc3)[C@@H](O)O[C@H](COC(=O)c3ccccc3)[C@@H](OC(=O)c3ccccc3)[C@@H]2OC(=O)c2ccccc2)cc1. The summed E-state index contributed by atoms with van der Waals surface area (Å²) in [4.78, 5) is 67.4. The molecule has 6 rings (SSSR count). The fraction of sp³-hybridized carbons (Fsp3) is 0.271. The van der Waals surface area contributed by atoms with Gasteiger partial charge in [0.25, 0.3) is 0 Å². The molecular formula is C48H48N2O12. The molecule has 0 aliphatic carbocycles. The Bertz CT molecular complexity index is 2270. The second-order valence-corrected chi connectivity index (χ2v) is 15.4. The van der Waals surface area contributed by atoms with Crippen LogP contribution in [0.15, 0.2) is 146 Å². The number of hydrogen-bond donors (Lipinski definition) is 3. The minimum absolute atomic E-state index is 0.0206. The highest BCUT2D eigenvalue weighted by Crippen LogP contribution is 2.40. The van der Waals surface area contributed by atoms with Gasteiger partial charge in [-0.2, -0.15) is 0 Å². The smallest absolute Gasteiger partial charge is 0.412 e. The molecule has 5 aromatic rings. The summed E-state index contributed by atoms with van der Waals surface area (Å²) < 4.78 is 35.7. The zero-order valence-corrected chi connectivity index (χ0v) is 34.4. The van der Waals surface area contributed by atoms with Gasteiger partial charge >= 0.3 is 30.0 Å². The second-order valence-electron chi connectivity index (χ2n) is 15.4. The number of esters is 4. The van der Waals surface area contributed by atoms with Gasteiger partial charge in [-0.3, -0.25) is 5.32 Å². The van der Waals surface area contributed by atoms with Crippen molar-refractivity contribution in [3.8, 4) is 0 Å². The van der Waals surface area contributed by atoms with E-state index in [2.05, 4.69) is 10.6 Å². The van der Waals surface area contributed by atoms with E-state index in [9.17, 15) is 29.1 Å². The van der Waals surface area contributed by atoms with Crippen molar-refractivity contribution < 1.29 is 57.5 Å². The predicted molar refractivity (Wildman–Crippen MR) is 226 cm³/mol. The summed E-state index contributed by atoms with van der Waals surface area (Å²) in [5.41, 5.74) is -1.02. The first-order valence-corrected chi connectivity index (χ1v) is 20.0. The fourth-order valence-corrected chi connectivity index (χ4v) is 6.62. The number of anilines is 1. The van der Waals surface area contributed by atoms with E-state index in [1.165, 1.54) is 36.4 Å². The lowest BCUT2D eigenvalue weighted by Gasteiger charge is -2.50. The van der Waals surface area contributed by atoms with Gasteiger partial charge in [-0.25, -0.2) is 24.0 Å². The Hall–Kier alpha value is -6.87. The Balaban J connectivity index is 1.34. The summed E-state index contributed by atoms with van der Waals surface area (Å²) in [5, 5.41) is 18.1. The van der Waals surface area contributed by atoms with Crippen molar-refractivity contribution in [3.63, 3.8) is 0 Å². The van der Waals surface area contributed by atoms with Gasteiger partial charge in [0, 0.05) is 18.7 Å². The van der Waals surface area contributed by atoms with Crippen LogP contribution in [-0.2, 0) is 35.0 Å². The third kappa shape index (κ3) is 11.9. The largest absolute Gasteiger partial charge is 0.459 e. The molecule has 1 aliphatic heterocycles. The van der Waals surface area contributed by atoms with Gasteiger partial charge in [0.2, 0.25) is 5.60 Å². The molecule has 5 atom stereocenters. The van der Waals surface area contributed by atoms with E-state index in [0.717, 1.165) is 5.56 Å². The van der Waals surface area contributed by atoms with E-state index in [4.69, 9.17) is 28.4 Å². The number of hydrogen-bond acceptors (Lipinski definition) is 13. The van der Waals surface area contributed by atoms with Crippen molar-refractivity contribution in [1.82, 2.24) is 5.32 Å². The lowest BCUT2D eigenvalue weighted by molar-refractivity contribution is -0.326. The van der Waals surface area contributed by atoms with Gasteiger partial charge in [0.05, 0.1) is 22.3 Å². The number of aliphatic hydroxyl groups excluding tert-OH is 1. The molecule has 1 heterocycles. The molecule has 14 nitrogen and oxygen atoms in total. The van der Waals surface area contributed by atoms with Crippen molar-refractivity contribution in [3.05, 3.63) is 173 Å². The van der Waals surface area contributed by atoms with Crippen LogP contribution in [-0.4, -0.2) is 84.0 Å². The van der Waals surface area contributed by atoms with E-state index < -0.39 is 72.4 Å². The molecule has 0 bridgehead atoms. The minimum atomic E-state index is -2.24. The molecule has 1 fully saturated rings. The molecule has 322 valence electrons. The van der Waals surface area contributed by atoms with Crippen LogP contribution >= 0.6 is 0 Å². The van der Waals surface area contributed by atoms with E-state index in [-0.39, 0.29) is 41.8 Å². The van der Waals surface area contributed by atoms with Crippen LogP contribution < -0.4 is 10.6 Å². The summed E-state index contributed by atoms with van der Waals surface area (Å²) in [5.74, 6) is -3.38. The topological polar surface area (TPSA) is 185 Å². The Morgan fingerprint density at radius 2 is 1.13 bits per heavy atom. The van der Waals surface area contributed by atoms with Crippen molar-refractivity contribution in [2.75, 3.05) is 18.5 Å². The predicted octanol–water partition coefficient (Wildman–Crippen LogP) is 7.13. The fourth-order valence-electron chi connectivity index (χ4n) is 6.62. The first-order valence-electron chi connectivity index (χ1n) is 20.0. The Morgan fingerprint density at radius 3 is 1.65 bits per heavy atom. The van der Waals surface area contributed by atoms with Gasteiger partial charge in [0.1, 0.15) is 18.3 Å². The average Bonchev–Trinajstić information content (AvgIpc) is 3.27. The highest BCUT2D eigenvalue weighted by molar-refractivity contribution is 5.92. The number of aliphatic hydroxyl groups is 1. The Labute approximate surface area is 359 Å². The third-order valence-electron chi connectivity index (χ3n) is 9.67. The number of nitrogens with one attached hydrogen (secondary N) is 2. The highest BCUT2D eigenvalue weighted by Gasteiger charge is 2.62.